The number of ether oxygens (including phenoxy) is 2. The number of fused-ring (bicyclic) bond motifs is 15. The van der Waals surface area contributed by atoms with Crippen molar-refractivity contribution in [1.82, 2.24) is 37.9 Å². The maximum atomic E-state index is 6.17. The molecule has 0 saturated heterocycles. The molecule has 0 atom stereocenters. The molecule has 0 aliphatic carbocycles. The van der Waals surface area contributed by atoms with E-state index in [4.69, 9.17) is 24.4 Å². The molecule has 438 valence electrons. The van der Waals surface area contributed by atoms with Gasteiger partial charge in [0, 0.05) is 65.0 Å². The van der Waals surface area contributed by atoms with Crippen LogP contribution in [0.2, 0.25) is 0 Å². The molecule has 0 radical (unpaired) electrons. The van der Waals surface area contributed by atoms with E-state index in [0.717, 1.165) is 160 Å². The van der Waals surface area contributed by atoms with Gasteiger partial charge in [-0.25, -0.2) is 24.1 Å². The zero-order valence-corrected chi connectivity index (χ0v) is 50.6. The minimum absolute atomic E-state index is 0.462. The minimum Gasteiger partial charge on any atom is -0.497 e. The summed E-state index contributed by atoms with van der Waals surface area (Å²) >= 11 is 0. The smallest absolute Gasteiger partial charge is 0.282 e. The first kappa shape index (κ1) is 52.3. The summed E-state index contributed by atoms with van der Waals surface area (Å²) in [4.78, 5) is 17.4. The molecule has 0 amide bonds. The summed E-state index contributed by atoms with van der Waals surface area (Å²) in [7, 11) is 3.47. The lowest BCUT2D eigenvalue weighted by molar-refractivity contribution is -0.708. The Hall–Kier alpha value is -12.6. The molecule has 93 heavy (non-hydrogen) atoms. The number of hydrogen-bond acceptors (Lipinski definition) is 5. The van der Waals surface area contributed by atoms with Gasteiger partial charge >= 0.3 is 0 Å². The van der Waals surface area contributed by atoms with Crippen molar-refractivity contribution in [3.8, 4) is 68.7 Å². The van der Waals surface area contributed by atoms with E-state index in [2.05, 4.69) is 307 Å². The minimum atomic E-state index is 0.462. The molecule has 0 saturated carbocycles. The number of hydrogen-bond donors (Lipinski definition) is 0. The fourth-order valence-electron chi connectivity index (χ4n) is 14.8. The summed E-state index contributed by atoms with van der Waals surface area (Å²) in [5, 5.41) is 10.7. The molecule has 19 aromatic rings. The van der Waals surface area contributed by atoms with Crippen LogP contribution in [0.4, 0.5) is 0 Å². The molecular formula is C82H54N9O2+. The predicted octanol–water partition coefficient (Wildman–Crippen LogP) is 19.0. The Labute approximate surface area is 532 Å². The van der Waals surface area contributed by atoms with Gasteiger partial charge in [0.2, 0.25) is 0 Å². The summed E-state index contributed by atoms with van der Waals surface area (Å²) in [5.74, 6) is 4.56. The van der Waals surface area contributed by atoms with Crippen molar-refractivity contribution < 1.29 is 14.1 Å². The second kappa shape index (κ2) is 20.5. The number of benzene rings is 12. The van der Waals surface area contributed by atoms with E-state index in [1.54, 1.807) is 14.2 Å². The van der Waals surface area contributed by atoms with E-state index in [0.29, 0.717) is 17.5 Å². The Balaban J connectivity index is 1.21. The molecule has 0 aliphatic heterocycles. The largest absolute Gasteiger partial charge is 0.497 e. The van der Waals surface area contributed by atoms with Crippen LogP contribution >= 0.6 is 0 Å². The van der Waals surface area contributed by atoms with Crippen LogP contribution in [0.5, 0.6) is 11.5 Å². The van der Waals surface area contributed by atoms with Crippen molar-refractivity contribution >= 4 is 109 Å². The van der Waals surface area contributed by atoms with Gasteiger partial charge in [-0.3, -0.25) is 0 Å². The molecule has 0 spiro atoms. The Bertz CT molecular complexity index is 5710. The number of pyridine rings is 1. The third-order valence-electron chi connectivity index (χ3n) is 18.8. The number of aromatic nitrogens is 9. The zero-order valence-electron chi connectivity index (χ0n) is 50.6. The second-order valence-electron chi connectivity index (χ2n) is 23.6. The van der Waals surface area contributed by atoms with E-state index in [1.165, 1.54) is 0 Å². The van der Waals surface area contributed by atoms with Gasteiger partial charge in [0.25, 0.3) is 11.6 Å². The summed E-state index contributed by atoms with van der Waals surface area (Å²) in [6.45, 7) is 0. The van der Waals surface area contributed by atoms with Crippen LogP contribution in [0.25, 0.3) is 166 Å². The van der Waals surface area contributed by atoms with Crippen molar-refractivity contribution in [2.75, 3.05) is 14.2 Å². The molecule has 0 bridgehead atoms. The van der Waals surface area contributed by atoms with Crippen LogP contribution in [-0.2, 0) is 0 Å². The lowest BCUT2D eigenvalue weighted by Gasteiger charge is -2.27. The molecule has 0 N–H and O–H groups in total. The van der Waals surface area contributed by atoms with Gasteiger partial charge in [-0.15, -0.1) is 4.68 Å². The van der Waals surface area contributed by atoms with Crippen LogP contribution in [-0.4, -0.2) is 52.1 Å². The van der Waals surface area contributed by atoms with Gasteiger partial charge in [0.15, 0.2) is 17.5 Å². The van der Waals surface area contributed by atoms with E-state index < -0.39 is 0 Å². The molecule has 0 fully saturated rings. The first-order valence-corrected chi connectivity index (χ1v) is 31.3. The third-order valence-corrected chi connectivity index (χ3v) is 18.8. The summed E-state index contributed by atoms with van der Waals surface area (Å²) in [6, 6.07) is 104. The van der Waals surface area contributed by atoms with Crippen molar-refractivity contribution in [2.24, 2.45) is 0 Å². The highest BCUT2D eigenvalue weighted by atomic mass is 16.5. The second-order valence-corrected chi connectivity index (χ2v) is 23.6. The van der Waals surface area contributed by atoms with Gasteiger partial charge in [0.1, 0.15) is 44.9 Å². The Morgan fingerprint density at radius 1 is 0.258 bits per heavy atom. The van der Waals surface area contributed by atoms with E-state index in [1.807, 2.05) is 12.1 Å². The van der Waals surface area contributed by atoms with Crippen LogP contribution in [0, 0.1) is 0 Å². The monoisotopic (exact) mass is 1200 g/mol. The Morgan fingerprint density at radius 3 is 0.828 bits per heavy atom. The zero-order chi connectivity index (χ0) is 61.4. The lowest BCUT2D eigenvalue weighted by Crippen LogP contribution is -2.51. The summed E-state index contributed by atoms with van der Waals surface area (Å²) in [6.07, 6.45) is 0. The Morgan fingerprint density at radius 2 is 0.527 bits per heavy atom. The fourth-order valence-corrected chi connectivity index (χ4v) is 14.8. The highest BCUT2D eigenvalue weighted by molar-refractivity contribution is 6.16. The average Bonchev–Trinajstić information content (AvgIpc) is 1.61. The lowest BCUT2D eigenvalue weighted by atomic mass is 10.1. The topological polar surface area (TPSA) is 85.7 Å². The SMILES string of the molecule is COc1ccc2c(c1)c1cc(OC)ccc1n2-[n+]1c(-n2c3ccccc3c3ccccc32)c(-n2c3ccccc3c3ccccc32)c(-c2nc(-c3ccccc3)nc(-c3ccccc3)n2)c(-n2c3ccccc3c3ccccc32)c1-n1c2ccccc2c2ccccc21. The van der Waals surface area contributed by atoms with Crippen molar-refractivity contribution in [3.05, 3.63) is 291 Å². The maximum Gasteiger partial charge on any atom is 0.282 e. The average molecular weight is 1200 g/mol. The van der Waals surface area contributed by atoms with Crippen molar-refractivity contribution in [2.45, 2.75) is 0 Å². The van der Waals surface area contributed by atoms with Crippen molar-refractivity contribution in [1.29, 1.82) is 0 Å². The number of nitrogens with zero attached hydrogens (tertiary/aromatic N) is 9. The number of methoxy groups -OCH3 is 2. The molecule has 7 aromatic heterocycles. The summed E-state index contributed by atoms with van der Waals surface area (Å²) < 4.78 is 27.3. The van der Waals surface area contributed by atoms with Crippen LogP contribution in [0.1, 0.15) is 0 Å². The number of rotatable bonds is 10. The van der Waals surface area contributed by atoms with Crippen molar-refractivity contribution in [3.63, 3.8) is 0 Å². The molecule has 7 heterocycles. The normalized spacial score (nSPS) is 12.0. The first-order chi connectivity index (χ1) is 46.1. The van der Waals surface area contributed by atoms with Crippen LogP contribution in [0.3, 0.4) is 0 Å². The van der Waals surface area contributed by atoms with Gasteiger partial charge in [-0.2, -0.15) is 4.68 Å². The highest BCUT2D eigenvalue weighted by Crippen LogP contribution is 2.49. The third kappa shape index (κ3) is 7.65. The molecular weight excluding hydrogens is 1140 g/mol. The molecule has 19 rings (SSSR count). The first-order valence-electron chi connectivity index (χ1n) is 31.3. The summed E-state index contributed by atoms with van der Waals surface area (Å²) in [5.41, 5.74) is 13.8. The van der Waals surface area contributed by atoms with Crippen LogP contribution < -0.4 is 14.1 Å². The molecule has 0 unspecified atom stereocenters. The van der Waals surface area contributed by atoms with Gasteiger partial charge in [-0.1, -0.05) is 206 Å². The standard InChI is InChI=1S/C82H54N9O2/c1-92-53-45-47-73-63(49-53)64-50-54(93-2)46-48-74(64)90(73)91-81(88-69-41-21-13-33-59(69)60-34-14-22-42-70(60)88)76(86-65-37-17-9-29-55(65)56-30-10-18-38-66(56)86)75(80-84-78(51-25-5-3-6-26-51)83-79(85-80)52-27-7-4-8-28-52)77(87-67-39-19-11-31-57(67)58-32-12-20-40-68(58)87)82(91)89-71-43-23-15-35-61(71)62-36-16-24-44-72(62)89/h3-50H,1-2H3/q+1. The molecule has 11 heteroatoms. The Kier molecular flexibility index (Phi) is 11.5. The quantitative estimate of drug-likeness (QED) is 0.127. The molecule has 11 nitrogen and oxygen atoms in total. The van der Waals surface area contributed by atoms with E-state index in [-0.39, 0.29) is 0 Å². The molecule has 12 aromatic carbocycles. The highest BCUT2D eigenvalue weighted by Gasteiger charge is 2.42. The van der Waals surface area contributed by atoms with E-state index in [9.17, 15) is 0 Å². The fraction of sp³-hybridized carbons (Fsp3) is 0.0244. The maximum absolute atomic E-state index is 6.17. The van der Waals surface area contributed by atoms with Gasteiger partial charge < -0.3 is 18.6 Å². The van der Waals surface area contributed by atoms with Crippen LogP contribution in [0.15, 0.2) is 291 Å². The van der Waals surface area contributed by atoms with E-state index >= 15 is 0 Å². The van der Waals surface area contributed by atoms with Gasteiger partial charge in [0.05, 0.1) is 52.9 Å². The predicted molar refractivity (Wildman–Crippen MR) is 377 cm³/mol. The number of para-hydroxylation sites is 8. The van der Waals surface area contributed by atoms with Gasteiger partial charge in [-0.05, 0) is 84.9 Å². The molecule has 0 aliphatic rings.